The molecule has 9 N–H and O–H groups in total. The van der Waals surface area contributed by atoms with Gasteiger partial charge in [-0.15, -0.1) is 11.3 Å². The highest BCUT2D eigenvalue weighted by atomic mass is 32.1. The first-order valence-corrected chi connectivity index (χ1v) is 17.7. The molecule has 2 aromatic heterocycles. The lowest BCUT2D eigenvalue weighted by molar-refractivity contribution is -0.134. The molecule has 14 nitrogen and oxygen atoms in total. The number of benzene rings is 2. The SMILES string of the molecule is CC(=O)N[C@@H](CO)C(=O)C[C@H](Cc1c[nH]c2ccccc12)C(=O)N[C@@H](CC(C)C)C(=O)N[C@@H](CCCN=C(N)N)C(=O)c1nc2ccccc2s1. The van der Waals surface area contributed by atoms with Gasteiger partial charge in [0.05, 0.1) is 22.9 Å². The molecule has 0 unspecified atom stereocenters. The molecule has 0 aliphatic heterocycles. The van der Waals surface area contributed by atoms with Crippen LogP contribution in [0.1, 0.15) is 61.8 Å². The van der Waals surface area contributed by atoms with Crippen molar-refractivity contribution in [3.63, 3.8) is 0 Å². The molecule has 0 radical (unpaired) electrons. The van der Waals surface area contributed by atoms with Gasteiger partial charge < -0.3 is 37.5 Å². The van der Waals surface area contributed by atoms with Crippen molar-refractivity contribution in [2.24, 2.45) is 28.3 Å². The lowest BCUT2D eigenvalue weighted by Crippen LogP contribution is -2.53. The van der Waals surface area contributed by atoms with E-state index in [0.29, 0.717) is 11.9 Å². The van der Waals surface area contributed by atoms with Crippen LogP contribution in [0.15, 0.2) is 59.7 Å². The van der Waals surface area contributed by atoms with Gasteiger partial charge in [0, 0.05) is 42.9 Å². The third-order valence-corrected chi connectivity index (χ3v) is 9.38. The first kappa shape index (κ1) is 38.6. The summed E-state index contributed by atoms with van der Waals surface area (Å²) < 4.78 is 0.828. The van der Waals surface area contributed by atoms with E-state index in [-0.39, 0.29) is 54.9 Å². The average Bonchev–Trinajstić information content (AvgIpc) is 3.71. The fraction of sp³-hybridized carbons (Fsp3) is 0.417. The molecule has 4 aromatic rings. The summed E-state index contributed by atoms with van der Waals surface area (Å²) in [6, 6.07) is 11.7. The second-order valence-corrected chi connectivity index (χ2v) is 13.9. The smallest absolute Gasteiger partial charge is 0.243 e. The zero-order valence-corrected chi connectivity index (χ0v) is 29.8. The summed E-state index contributed by atoms with van der Waals surface area (Å²) in [6.07, 6.45) is 2.44. The Kier molecular flexibility index (Phi) is 13.8. The van der Waals surface area contributed by atoms with Gasteiger partial charge in [0.25, 0.3) is 0 Å². The molecule has 15 heteroatoms. The van der Waals surface area contributed by atoms with Crippen molar-refractivity contribution >= 4 is 67.7 Å². The van der Waals surface area contributed by atoms with Gasteiger partial charge >= 0.3 is 0 Å². The molecule has 272 valence electrons. The first-order valence-electron chi connectivity index (χ1n) is 16.9. The zero-order chi connectivity index (χ0) is 37.1. The van der Waals surface area contributed by atoms with E-state index in [2.05, 4.69) is 30.9 Å². The summed E-state index contributed by atoms with van der Waals surface area (Å²) in [5.74, 6) is -3.61. The third kappa shape index (κ3) is 10.9. The Morgan fingerprint density at radius 3 is 2.33 bits per heavy atom. The molecule has 0 spiro atoms. The number of aliphatic hydroxyl groups excluding tert-OH is 1. The monoisotopic (exact) mass is 718 g/mol. The zero-order valence-electron chi connectivity index (χ0n) is 29.0. The number of hydrogen-bond donors (Lipinski definition) is 7. The number of aromatic amines is 1. The first-order chi connectivity index (χ1) is 24.4. The van der Waals surface area contributed by atoms with Crippen LogP contribution in [0.4, 0.5) is 0 Å². The van der Waals surface area contributed by atoms with E-state index >= 15 is 0 Å². The largest absolute Gasteiger partial charge is 0.394 e. The maximum Gasteiger partial charge on any atom is 0.243 e. The molecule has 0 fully saturated rings. The number of aliphatic hydroxyl groups is 1. The number of Topliss-reactive ketones (excluding diaryl/α,β-unsaturated/α-hetero) is 2. The normalized spacial score (nSPS) is 13.7. The Labute approximate surface area is 299 Å². The number of guanidine groups is 1. The molecular formula is C36H46N8O6S. The van der Waals surface area contributed by atoms with Crippen molar-refractivity contribution in [2.75, 3.05) is 13.2 Å². The average molecular weight is 719 g/mol. The molecule has 0 saturated heterocycles. The highest BCUT2D eigenvalue weighted by molar-refractivity contribution is 7.20. The van der Waals surface area contributed by atoms with Crippen molar-refractivity contribution in [3.8, 4) is 0 Å². The van der Waals surface area contributed by atoms with Gasteiger partial charge in [-0.3, -0.25) is 29.0 Å². The number of carbonyl (C=O) groups excluding carboxylic acids is 5. The van der Waals surface area contributed by atoms with E-state index in [4.69, 9.17) is 11.5 Å². The maximum absolute atomic E-state index is 14.1. The van der Waals surface area contributed by atoms with Crippen LogP contribution in [0, 0.1) is 11.8 Å². The number of thiazole rings is 1. The molecule has 2 aromatic carbocycles. The molecule has 0 bridgehead atoms. The lowest BCUT2D eigenvalue weighted by Gasteiger charge is -2.26. The fourth-order valence-electron chi connectivity index (χ4n) is 5.85. The summed E-state index contributed by atoms with van der Waals surface area (Å²) in [5.41, 5.74) is 13.3. The molecule has 2 heterocycles. The van der Waals surface area contributed by atoms with Gasteiger partial charge in [-0.05, 0) is 55.4 Å². The van der Waals surface area contributed by atoms with Crippen LogP contribution in [0.2, 0.25) is 0 Å². The number of hydrogen-bond acceptors (Lipinski definition) is 9. The number of H-pyrrole nitrogens is 1. The van der Waals surface area contributed by atoms with E-state index < -0.39 is 54.2 Å². The topological polar surface area (TPSA) is 235 Å². The van der Waals surface area contributed by atoms with E-state index in [1.807, 2.05) is 56.3 Å². The number of fused-ring (bicyclic) bond motifs is 2. The predicted molar refractivity (Wildman–Crippen MR) is 197 cm³/mol. The number of nitrogens with one attached hydrogen (secondary N) is 4. The minimum Gasteiger partial charge on any atom is -0.394 e. The molecule has 0 aliphatic carbocycles. The van der Waals surface area contributed by atoms with Crippen LogP contribution >= 0.6 is 11.3 Å². The Bertz CT molecular complexity index is 1850. The number of nitrogens with two attached hydrogens (primary N) is 2. The van der Waals surface area contributed by atoms with Crippen LogP contribution in [-0.2, 0) is 25.6 Å². The number of aromatic nitrogens is 2. The second-order valence-electron chi connectivity index (χ2n) is 12.9. The van der Waals surface area contributed by atoms with E-state index in [1.54, 1.807) is 12.3 Å². The van der Waals surface area contributed by atoms with E-state index in [0.717, 1.165) is 21.2 Å². The van der Waals surface area contributed by atoms with Crippen molar-refractivity contribution in [1.29, 1.82) is 0 Å². The van der Waals surface area contributed by atoms with E-state index in [1.165, 1.54) is 18.3 Å². The standard InChI is InChI=1S/C36H46N8O6S/c1-20(2)15-28(34(50)42-27(12-8-14-39-36(37)38)32(48)35-44-26-11-6-7-13-31(26)51-35)43-33(49)22(17-30(47)29(19-45)41-21(3)46)16-23-18-40-25-10-5-4-9-24(23)25/h4-7,9-11,13,18,20,22,27-29,40,45H,8,12,14-17,19H2,1-3H3,(H,41,46)(H,42,50)(H,43,49)(H4,37,38,39)/t22-,27-,28-,29-/m0/s1. The summed E-state index contributed by atoms with van der Waals surface area (Å²) in [6.45, 7) is 4.64. The number of amides is 3. The van der Waals surface area contributed by atoms with Crippen LogP contribution < -0.4 is 27.4 Å². The highest BCUT2D eigenvalue weighted by Gasteiger charge is 2.33. The number of carbonyl (C=O) groups is 5. The van der Waals surface area contributed by atoms with Gasteiger partial charge in [0.15, 0.2) is 16.8 Å². The van der Waals surface area contributed by atoms with Crippen molar-refractivity contribution in [1.82, 2.24) is 25.9 Å². The molecule has 0 aliphatic rings. The molecular weight excluding hydrogens is 673 g/mol. The van der Waals surface area contributed by atoms with Crippen LogP contribution in [0.25, 0.3) is 21.1 Å². The summed E-state index contributed by atoms with van der Waals surface area (Å²) in [5, 5.41) is 19.1. The van der Waals surface area contributed by atoms with Crippen LogP contribution in [0.3, 0.4) is 0 Å². The number of ketones is 2. The number of aliphatic imine (C=N–C) groups is 1. The maximum atomic E-state index is 14.1. The minimum absolute atomic E-state index is 0.0337. The van der Waals surface area contributed by atoms with Gasteiger partial charge in [0.2, 0.25) is 23.5 Å². The lowest BCUT2D eigenvalue weighted by atomic mass is 9.90. The van der Waals surface area contributed by atoms with Gasteiger partial charge in [-0.2, -0.15) is 0 Å². The fourth-order valence-corrected chi connectivity index (χ4v) is 6.81. The number of para-hydroxylation sites is 2. The molecule has 4 atom stereocenters. The quantitative estimate of drug-likeness (QED) is 0.0326. The summed E-state index contributed by atoms with van der Waals surface area (Å²) >= 11 is 1.23. The summed E-state index contributed by atoms with van der Waals surface area (Å²) in [4.78, 5) is 78.5. The van der Waals surface area contributed by atoms with Gasteiger partial charge in [-0.1, -0.05) is 44.2 Å². The number of nitrogens with zero attached hydrogens (tertiary/aromatic N) is 2. The molecule has 51 heavy (non-hydrogen) atoms. The van der Waals surface area contributed by atoms with Crippen molar-refractivity contribution < 1.29 is 29.1 Å². The van der Waals surface area contributed by atoms with E-state index in [9.17, 15) is 29.1 Å². The number of rotatable bonds is 19. The van der Waals surface area contributed by atoms with Gasteiger partial charge in [0.1, 0.15) is 12.1 Å². The minimum atomic E-state index is -1.19. The molecule has 0 saturated carbocycles. The van der Waals surface area contributed by atoms with Crippen molar-refractivity contribution in [3.05, 3.63) is 65.3 Å². The Morgan fingerprint density at radius 2 is 1.65 bits per heavy atom. The van der Waals surface area contributed by atoms with Crippen LogP contribution in [-0.4, -0.2) is 81.6 Å². The Hall–Kier alpha value is -5.15. The second kappa shape index (κ2) is 18.2. The molecule has 3 amide bonds. The highest BCUT2D eigenvalue weighted by Crippen LogP contribution is 2.25. The third-order valence-electron chi connectivity index (χ3n) is 8.33. The predicted octanol–water partition coefficient (Wildman–Crippen LogP) is 2.34. The molecule has 4 rings (SSSR count). The Balaban J connectivity index is 1.59. The summed E-state index contributed by atoms with van der Waals surface area (Å²) in [7, 11) is 0. The van der Waals surface area contributed by atoms with Crippen molar-refractivity contribution in [2.45, 2.75) is 71.0 Å². The van der Waals surface area contributed by atoms with Crippen LogP contribution in [0.5, 0.6) is 0 Å². The van der Waals surface area contributed by atoms with Gasteiger partial charge in [-0.25, -0.2) is 4.98 Å². The Morgan fingerprint density at radius 1 is 0.941 bits per heavy atom.